The van der Waals surface area contributed by atoms with Gasteiger partial charge in [0.05, 0.1) is 22.3 Å². The SMILES string of the molecule is O=C(O)c1cc(Oc2cc(C(=O)O)c(C(=O)O)c3ccccc23)c2ccccc2c1C(=O)O. The predicted octanol–water partition coefficient (Wildman–Crippen LogP) is 4.58. The molecule has 0 aliphatic heterocycles. The Kier molecular flexibility index (Phi) is 5.15. The molecule has 0 heterocycles. The lowest BCUT2D eigenvalue weighted by Gasteiger charge is -2.16. The Bertz CT molecular complexity index is 1390. The smallest absolute Gasteiger partial charge is 0.337 e. The number of aromatic carboxylic acids is 4. The summed E-state index contributed by atoms with van der Waals surface area (Å²) in [6, 6.07) is 14.4. The van der Waals surface area contributed by atoms with Crippen LogP contribution in [0.3, 0.4) is 0 Å². The van der Waals surface area contributed by atoms with Gasteiger partial charge < -0.3 is 25.2 Å². The van der Waals surface area contributed by atoms with Crippen molar-refractivity contribution in [3.8, 4) is 11.5 Å². The van der Waals surface area contributed by atoms with Crippen molar-refractivity contribution in [2.24, 2.45) is 0 Å². The molecular formula is C24H14O9. The molecule has 9 nitrogen and oxygen atoms in total. The molecule has 0 fully saturated rings. The van der Waals surface area contributed by atoms with Crippen molar-refractivity contribution in [1.29, 1.82) is 0 Å². The van der Waals surface area contributed by atoms with Crippen LogP contribution in [0.1, 0.15) is 41.4 Å². The van der Waals surface area contributed by atoms with Crippen molar-refractivity contribution in [2.75, 3.05) is 0 Å². The van der Waals surface area contributed by atoms with Gasteiger partial charge in [-0.3, -0.25) is 0 Å². The average molecular weight is 446 g/mol. The van der Waals surface area contributed by atoms with Crippen molar-refractivity contribution >= 4 is 45.4 Å². The van der Waals surface area contributed by atoms with Crippen LogP contribution in [0.25, 0.3) is 21.5 Å². The van der Waals surface area contributed by atoms with E-state index in [4.69, 9.17) is 4.74 Å². The predicted molar refractivity (Wildman–Crippen MR) is 116 cm³/mol. The minimum atomic E-state index is -1.49. The highest BCUT2D eigenvalue weighted by molar-refractivity contribution is 6.15. The van der Waals surface area contributed by atoms with Gasteiger partial charge in [-0.1, -0.05) is 48.5 Å². The van der Waals surface area contributed by atoms with E-state index in [0.717, 1.165) is 12.1 Å². The van der Waals surface area contributed by atoms with E-state index in [9.17, 15) is 39.6 Å². The minimum absolute atomic E-state index is 0.0300. The number of benzene rings is 4. The van der Waals surface area contributed by atoms with Gasteiger partial charge >= 0.3 is 23.9 Å². The highest BCUT2D eigenvalue weighted by Crippen LogP contribution is 2.39. The molecular weight excluding hydrogens is 432 g/mol. The summed E-state index contributed by atoms with van der Waals surface area (Å²) in [4.78, 5) is 47.1. The zero-order valence-corrected chi connectivity index (χ0v) is 16.6. The van der Waals surface area contributed by atoms with E-state index < -0.39 is 46.1 Å². The maximum atomic E-state index is 11.8. The summed E-state index contributed by atoms with van der Waals surface area (Å²) in [5.41, 5.74) is -1.85. The summed E-state index contributed by atoms with van der Waals surface area (Å²) in [5, 5.41) is 39.1. The second-order valence-corrected chi connectivity index (χ2v) is 7.01. The summed E-state index contributed by atoms with van der Waals surface area (Å²) < 4.78 is 5.94. The molecule has 4 aromatic carbocycles. The maximum Gasteiger partial charge on any atom is 0.337 e. The molecule has 4 N–H and O–H groups in total. The van der Waals surface area contributed by atoms with Gasteiger partial charge in [-0.15, -0.1) is 0 Å². The van der Waals surface area contributed by atoms with Gasteiger partial charge in [-0.2, -0.15) is 0 Å². The first-order valence-electron chi connectivity index (χ1n) is 9.43. The normalized spacial score (nSPS) is 10.8. The molecule has 0 amide bonds. The monoisotopic (exact) mass is 446 g/mol. The molecule has 0 radical (unpaired) electrons. The Labute approximate surface area is 184 Å². The highest BCUT2D eigenvalue weighted by Gasteiger charge is 2.25. The average Bonchev–Trinajstić information content (AvgIpc) is 2.77. The number of carbonyl (C=O) groups is 4. The zero-order valence-electron chi connectivity index (χ0n) is 16.6. The number of rotatable bonds is 6. The Balaban J connectivity index is 2.05. The van der Waals surface area contributed by atoms with E-state index >= 15 is 0 Å². The summed E-state index contributed by atoms with van der Waals surface area (Å²) in [6.45, 7) is 0. The Hall–Kier alpha value is -4.92. The van der Waals surface area contributed by atoms with Crippen LogP contribution in [-0.4, -0.2) is 44.3 Å². The van der Waals surface area contributed by atoms with Crippen molar-refractivity contribution in [1.82, 2.24) is 0 Å². The minimum Gasteiger partial charge on any atom is -0.478 e. The second kappa shape index (κ2) is 7.97. The van der Waals surface area contributed by atoms with Gasteiger partial charge in [-0.25, -0.2) is 19.2 Å². The van der Waals surface area contributed by atoms with Crippen molar-refractivity contribution in [3.63, 3.8) is 0 Å². The number of carboxylic acid groups (broad SMARTS) is 4. The van der Waals surface area contributed by atoms with Crippen LogP contribution >= 0.6 is 0 Å². The number of carboxylic acids is 4. The van der Waals surface area contributed by atoms with Gasteiger partial charge in [-0.05, 0) is 12.1 Å². The quantitative estimate of drug-likeness (QED) is 0.332. The number of ether oxygens (including phenoxy) is 1. The summed E-state index contributed by atoms with van der Waals surface area (Å²) >= 11 is 0. The van der Waals surface area contributed by atoms with Crippen molar-refractivity contribution < 1.29 is 44.3 Å². The zero-order chi connectivity index (χ0) is 23.9. The fourth-order valence-electron chi connectivity index (χ4n) is 3.77. The van der Waals surface area contributed by atoms with Crippen LogP contribution in [0.5, 0.6) is 11.5 Å². The fraction of sp³-hybridized carbons (Fsp3) is 0. The number of hydrogen-bond acceptors (Lipinski definition) is 5. The molecule has 0 saturated carbocycles. The fourth-order valence-corrected chi connectivity index (χ4v) is 3.77. The van der Waals surface area contributed by atoms with E-state index in [1.54, 1.807) is 24.3 Å². The van der Waals surface area contributed by atoms with Crippen LogP contribution in [-0.2, 0) is 0 Å². The summed E-state index contributed by atoms with van der Waals surface area (Å²) in [6.07, 6.45) is 0. The molecule has 4 rings (SSSR count). The molecule has 0 bridgehead atoms. The molecule has 164 valence electrons. The third kappa shape index (κ3) is 3.57. The molecule has 9 heteroatoms. The largest absolute Gasteiger partial charge is 0.478 e. The molecule has 0 saturated heterocycles. The third-order valence-corrected chi connectivity index (χ3v) is 5.12. The van der Waals surface area contributed by atoms with Crippen LogP contribution in [0.2, 0.25) is 0 Å². The van der Waals surface area contributed by atoms with Gasteiger partial charge in [0.2, 0.25) is 0 Å². The Morgan fingerprint density at radius 1 is 0.515 bits per heavy atom. The number of hydrogen-bond donors (Lipinski definition) is 4. The Morgan fingerprint density at radius 2 is 0.848 bits per heavy atom. The van der Waals surface area contributed by atoms with E-state index in [-0.39, 0.29) is 33.0 Å². The van der Waals surface area contributed by atoms with Crippen LogP contribution in [0, 0.1) is 0 Å². The lowest BCUT2D eigenvalue weighted by Crippen LogP contribution is -2.10. The van der Waals surface area contributed by atoms with E-state index in [2.05, 4.69) is 0 Å². The molecule has 0 atom stereocenters. The van der Waals surface area contributed by atoms with Crippen molar-refractivity contribution in [3.05, 3.63) is 82.9 Å². The summed E-state index contributed by atoms with van der Waals surface area (Å²) in [5.74, 6) is -5.89. The molecule has 0 aliphatic rings. The standard InChI is InChI=1S/C24H14O9/c25-21(26)15-9-17(11-5-1-3-7-13(11)19(15)23(29)30)33-18-10-16(22(27)28)20(24(31)32)14-8-4-2-6-12(14)18/h1-10H,(H,25,26)(H,27,28)(H,29,30)(H,31,32). The van der Waals surface area contributed by atoms with E-state index in [1.165, 1.54) is 24.3 Å². The molecule has 0 aliphatic carbocycles. The molecule has 0 spiro atoms. The van der Waals surface area contributed by atoms with Gasteiger partial charge in [0.15, 0.2) is 0 Å². The lowest BCUT2D eigenvalue weighted by molar-refractivity contribution is 0.0652. The molecule has 0 unspecified atom stereocenters. The van der Waals surface area contributed by atoms with Crippen LogP contribution < -0.4 is 4.74 Å². The van der Waals surface area contributed by atoms with Crippen molar-refractivity contribution in [2.45, 2.75) is 0 Å². The number of fused-ring (bicyclic) bond motifs is 2. The maximum absolute atomic E-state index is 11.8. The lowest BCUT2D eigenvalue weighted by atomic mass is 9.97. The second-order valence-electron chi connectivity index (χ2n) is 7.01. The highest BCUT2D eigenvalue weighted by atomic mass is 16.5. The topological polar surface area (TPSA) is 158 Å². The summed E-state index contributed by atoms with van der Waals surface area (Å²) in [7, 11) is 0. The van der Waals surface area contributed by atoms with Crippen LogP contribution in [0.15, 0.2) is 60.7 Å². The first-order chi connectivity index (χ1) is 15.7. The molecule has 0 aromatic heterocycles. The first kappa shape index (κ1) is 21.3. The third-order valence-electron chi connectivity index (χ3n) is 5.12. The molecule has 4 aromatic rings. The Morgan fingerprint density at radius 3 is 1.15 bits per heavy atom. The van der Waals surface area contributed by atoms with Crippen LogP contribution in [0.4, 0.5) is 0 Å². The first-order valence-corrected chi connectivity index (χ1v) is 9.43. The van der Waals surface area contributed by atoms with E-state index in [0.29, 0.717) is 0 Å². The van der Waals surface area contributed by atoms with E-state index in [1.807, 2.05) is 0 Å². The van der Waals surface area contributed by atoms with Gasteiger partial charge in [0.25, 0.3) is 0 Å². The molecule has 33 heavy (non-hydrogen) atoms. The van der Waals surface area contributed by atoms with Gasteiger partial charge in [0.1, 0.15) is 11.5 Å². The van der Waals surface area contributed by atoms with Gasteiger partial charge in [0, 0.05) is 21.5 Å².